The van der Waals surface area contributed by atoms with Crippen LogP contribution in [0.4, 0.5) is 4.79 Å². The highest BCUT2D eigenvalue weighted by Gasteiger charge is 2.33. The fraction of sp³-hybridized carbons (Fsp3) is 0.562. The minimum Gasteiger partial charge on any atom is -0.439 e. The number of ether oxygens (including phenoxy) is 3. The molecule has 0 radical (unpaired) electrons. The summed E-state index contributed by atoms with van der Waals surface area (Å²) in [5.41, 5.74) is 13.5. The number of hydrogen-bond donors (Lipinski definition) is 4. The number of likely N-dealkylation sites (N-methyl/N-ethyl adjacent to an activating group) is 1. The lowest BCUT2D eigenvalue weighted by Crippen LogP contribution is -2.42. The van der Waals surface area contributed by atoms with Crippen molar-refractivity contribution in [2.24, 2.45) is 23.3 Å². The molecular weight excluding hydrogens is 566 g/mol. The van der Waals surface area contributed by atoms with Crippen LogP contribution in [0.1, 0.15) is 40.5 Å². The third-order valence-corrected chi connectivity index (χ3v) is 7.77. The molecule has 0 spiro atoms. The molecule has 2 rings (SSSR count). The Bertz CT molecular complexity index is 1230. The minimum atomic E-state index is -0.966. The second-order valence-corrected chi connectivity index (χ2v) is 11.7. The molecule has 0 unspecified atom stereocenters. The number of allylic oxidation sites excluding steroid dienone is 4. The van der Waals surface area contributed by atoms with Crippen molar-refractivity contribution in [1.29, 1.82) is 0 Å². The summed E-state index contributed by atoms with van der Waals surface area (Å²) < 4.78 is 16.8. The molecule has 0 saturated carbocycles. The first-order valence-corrected chi connectivity index (χ1v) is 14.7. The Kier molecular flexibility index (Phi) is 14.2. The fourth-order valence-corrected chi connectivity index (χ4v) is 5.23. The molecule has 0 aromatic heterocycles. The highest BCUT2D eigenvalue weighted by Crippen LogP contribution is 2.28. The van der Waals surface area contributed by atoms with Gasteiger partial charge in [0, 0.05) is 50.6 Å². The second kappa shape index (κ2) is 17.0. The predicted octanol–water partition coefficient (Wildman–Crippen LogP) is 1.88. The number of primary amides is 1. The summed E-state index contributed by atoms with van der Waals surface area (Å²) in [5.74, 6) is -1.69. The summed E-state index contributed by atoms with van der Waals surface area (Å²) in [6.07, 6.45) is 5.59. The molecule has 6 atom stereocenters. The zero-order chi connectivity index (χ0) is 33.1. The van der Waals surface area contributed by atoms with E-state index in [0.717, 1.165) is 6.08 Å². The van der Waals surface area contributed by atoms with E-state index >= 15 is 0 Å². The number of hydrogen-bond acceptors (Lipinski definition) is 10. The van der Waals surface area contributed by atoms with Gasteiger partial charge in [0.15, 0.2) is 6.10 Å². The fourth-order valence-electron chi connectivity index (χ4n) is 5.23. The summed E-state index contributed by atoms with van der Waals surface area (Å²) in [7, 11) is 6.87. The van der Waals surface area contributed by atoms with Gasteiger partial charge in [-0.25, -0.2) is 4.79 Å². The van der Waals surface area contributed by atoms with Crippen LogP contribution < -0.4 is 22.1 Å². The van der Waals surface area contributed by atoms with Gasteiger partial charge in [-0.1, -0.05) is 38.2 Å². The number of nitrogens with one attached hydrogen (secondary N) is 2. The number of nitrogens with zero attached hydrogens (tertiary/aromatic N) is 1. The molecule has 0 aromatic carbocycles. The molecule has 1 aliphatic carbocycles. The number of ketones is 2. The number of carbonyl (C=O) groups excluding carboxylic acids is 4. The first kappa shape index (κ1) is 36.6. The lowest BCUT2D eigenvalue weighted by atomic mass is 9.84. The van der Waals surface area contributed by atoms with Gasteiger partial charge in [0.1, 0.15) is 6.10 Å². The van der Waals surface area contributed by atoms with E-state index in [1.165, 1.54) is 13.2 Å². The van der Waals surface area contributed by atoms with E-state index in [1.807, 2.05) is 38.9 Å². The summed E-state index contributed by atoms with van der Waals surface area (Å²) in [6, 6.07) is -0.457. The van der Waals surface area contributed by atoms with E-state index in [-0.39, 0.29) is 41.0 Å². The zero-order valence-corrected chi connectivity index (χ0v) is 27.1. The summed E-state index contributed by atoms with van der Waals surface area (Å²) >= 11 is 0. The van der Waals surface area contributed by atoms with Gasteiger partial charge in [0.2, 0.25) is 11.6 Å². The molecule has 12 nitrogen and oxygen atoms in total. The Morgan fingerprint density at radius 3 is 2.41 bits per heavy atom. The predicted molar refractivity (Wildman–Crippen MR) is 168 cm³/mol. The van der Waals surface area contributed by atoms with E-state index in [2.05, 4.69) is 10.6 Å². The van der Waals surface area contributed by atoms with Crippen molar-refractivity contribution in [3.05, 3.63) is 58.5 Å². The summed E-state index contributed by atoms with van der Waals surface area (Å²) in [4.78, 5) is 53.8. The molecule has 12 heteroatoms. The molecule has 2 aliphatic rings. The third kappa shape index (κ3) is 10.3. The normalized spacial score (nSPS) is 31.0. The molecule has 0 aromatic rings. The SMILES string of the molecule is CO[C@H]1/C=C\C=C(/C)C(=O)NC2=CC(=O)C(NCCN(C)C)=C(C[C@@H](C)C[C@H](OC)[C@H](N)[C@@H](C)/C=C(\C)[C@@H]1OC(N)=O)C2=O. The molecular formula is C32H49N5O7. The van der Waals surface area contributed by atoms with Crippen LogP contribution in [0, 0.1) is 11.8 Å². The Labute approximate surface area is 260 Å². The number of Topliss-reactive ketones (excluding diaryl/α,β-unsaturated/α-hetero) is 1. The van der Waals surface area contributed by atoms with Gasteiger partial charge in [-0.15, -0.1) is 0 Å². The highest BCUT2D eigenvalue weighted by atomic mass is 16.6. The van der Waals surface area contributed by atoms with Crippen molar-refractivity contribution >= 4 is 23.6 Å². The largest absolute Gasteiger partial charge is 0.439 e. The lowest BCUT2D eigenvalue weighted by molar-refractivity contribution is -0.120. The monoisotopic (exact) mass is 615 g/mol. The maximum atomic E-state index is 13.7. The van der Waals surface area contributed by atoms with Gasteiger partial charge < -0.3 is 41.2 Å². The number of nitrogens with two attached hydrogens (primary N) is 2. The van der Waals surface area contributed by atoms with Gasteiger partial charge in [0.05, 0.1) is 17.5 Å². The molecule has 0 saturated heterocycles. The first-order chi connectivity index (χ1) is 20.7. The average Bonchev–Trinajstić information content (AvgIpc) is 2.95. The van der Waals surface area contributed by atoms with Crippen molar-refractivity contribution < 1.29 is 33.4 Å². The van der Waals surface area contributed by atoms with Crippen LogP contribution in [0.2, 0.25) is 0 Å². The Balaban J connectivity index is 2.60. The molecule has 244 valence electrons. The quantitative estimate of drug-likeness (QED) is 0.244. The van der Waals surface area contributed by atoms with Crippen molar-refractivity contribution in [1.82, 2.24) is 15.5 Å². The molecule has 1 heterocycles. The number of methoxy groups -OCH3 is 2. The second-order valence-electron chi connectivity index (χ2n) is 11.7. The van der Waals surface area contributed by atoms with E-state index in [4.69, 9.17) is 25.7 Å². The maximum absolute atomic E-state index is 13.7. The molecule has 6 N–H and O–H groups in total. The van der Waals surface area contributed by atoms with Crippen LogP contribution in [0.25, 0.3) is 0 Å². The number of rotatable bonds is 7. The van der Waals surface area contributed by atoms with E-state index in [1.54, 1.807) is 33.1 Å². The van der Waals surface area contributed by atoms with E-state index in [0.29, 0.717) is 30.7 Å². The van der Waals surface area contributed by atoms with Crippen molar-refractivity contribution in [3.8, 4) is 0 Å². The van der Waals surface area contributed by atoms with Crippen molar-refractivity contribution in [2.45, 2.75) is 64.9 Å². The van der Waals surface area contributed by atoms with E-state index < -0.39 is 42.1 Å². The van der Waals surface area contributed by atoms with Crippen LogP contribution in [0.3, 0.4) is 0 Å². The standard InChI is InChI=1S/C32H49N5O7/c1-18-14-22-28(35-12-13-37(5)6)24(38)17-23(29(22)39)36-31(40)19(2)10-9-11-25(42-7)30(44-32(34)41)21(4)16-20(3)27(33)26(15-18)43-8/h9-11,16-18,20,25-27,30,35H,12-15,33H2,1-8H3,(H2,34,41)(H,36,40)/b11-9-,19-10+,21-16+/t18-,20+,25+,26+,27-,30+/m1/s1. The molecule has 1 aliphatic heterocycles. The van der Waals surface area contributed by atoms with Crippen molar-refractivity contribution in [3.63, 3.8) is 0 Å². The smallest absolute Gasteiger partial charge is 0.405 e. The van der Waals surface area contributed by atoms with E-state index in [9.17, 15) is 19.2 Å². The minimum absolute atomic E-state index is 0.0897. The molecule has 44 heavy (non-hydrogen) atoms. The lowest BCUT2D eigenvalue weighted by Gasteiger charge is -2.30. The summed E-state index contributed by atoms with van der Waals surface area (Å²) in [6.45, 7) is 8.38. The van der Waals surface area contributed by atoms with Crippen LogP contribution in [-0.2, 0) is 28.6 Å². The van der Waals surface area contributed by atoms with Crippen LogP contribution >= 0.6 is 0 Å². The summed E-state index contributed by atoms with van der Waals surface area (Å²) in [5, 5.41) is 5.76. The molecule has 2 amide bonds. The van der Waals surface area contributed by atoms with Crippen molar-refractivity contribution in [2.75, 3.05) is 41.4 Å². The topological polar surface area (TPSA) is 175 Å². The van der Waals surface area contributed by atoms with Gasteiger partial charge in [-0.3, -0.25) is 14.4 Å². The Hall–Kier alpha value is -3.58. The Morgan fingerprint density at radius 1 is 1.14 bits per heavy atom. The van der Waals surface area contributed by atoms with Gasteiger partial charge in [0.25, 0.3) is 5.91 Å². The number of fused-ring (bicyclic) bond motifs is 2. The number of amides is 2. The van der Waals surface area contributed by atoms with Gasteiger partial charge in [-0.2, -0.15) is 0 Å². The molecule has 0 fully saturated rings. The molecule has 2 bridgehead atoms. The average molecular weight is 616 g/mol. The van der Waals surface area contributed by atoms with Crippen LogP contribution in [0.5, 0.6) is 0 Å². The van der Waals surface area contributed by atoms with Crippen LogP contribution in [-0.4, -0.2) is 94.2 Å². The Morgan fingerprint density at radius 2 is 1.82 bits per heavy atom. The van der Waals surface area contributed by atoms with Gasteiger partial charge in [-0.05, 0) is 58.2 Å². The van der Waals surface area contributed by atoms with Gasteiger partial charge >= 0.3 is 6.09 Å². The highest BCUT2D eigenvalue weighted by molar-refractivity contribution is 6.23. The third-order valence-electron chi connectivity index (χ3n) is 7.77. The van der Waals surface area contributed by atoms with Crippen LogP contribution in [0.15, 0.2) is 58.5 Å². The maximum Gasteiger partial charge on any atom is 0.405 e. The number of carbonyl (C=O) groups is 4. The first-order valence-electron chi connectivity index (χ1n) is 14.7. The zero-order valence-electron chi connectivity index (χ0n) is 27.1.